The van der Waals surface area contributed by atoms with Crippen LogP contribution in [0.4, 0.5) is 0 Å². The first-order chi connectivity index (χ1) is 8.59. The molecule has 1 aromatic carbocycles. The van der Waals surface area contributed by atoms with Crippen LogP contribution in [0.1, 0.15) is 19.4 Å². The van der Waals surface area contributed by atoms with Gasteiger partial charge in [-0.15, -0.1) is 0 Å². The highest BCUT2D eigenvalue weighted by atomic mass is 35.5. The molecule has 1 aromatic rings. The van der Waals surface area contributed by atoms with Crippen molar-refractivity contribution in [2.45, 2.75) is 13.8 Å². The van der Waals surface area contributed by atoms with Crippen molar-refractivity contribution in [1.82, 2.24) is 0 Å². The lowest BCUT2D eigenvalue weighted by Gasteiger charge is -2.14. The molecule has 1 rings (SSSR count). The Balaban J connectivity index is 2.64. The Morgan fingerprint density at radius 2 is 2.00 bits per heavy atom. The molecule has 0 unspecified atom stereocenters. The highest BCUT2D eigenvalue weighted by molar-refractivity contribution is 7.53. The van der Waals surface area contributed by atoms with Gasteiger partial charge >= 0.3 is 7.60 Å². The minimum absolute atomic E-state index is 0.0151. The molecule has 0 atom stereocenters. The second kappa shape index (κ2) is 7.70. The van der Waals surface area contributed by atoms with Gasteiger partial charge in [0.25, 0.3) is 0 Å². The highest BCUT2D eigenvalue weighted by Gasteiger charge is 2.22. The molecule has 0 amide bonds. The van der Waals surface area contributed by atoms with Crippen molar-refractivity contribution < 1.29 is 13.6 Å². The van der Waals surface area contributed by atoms with E-state index in [0.29, 0.717) is 18.2 Å². The molecule has 0 aromatic heterocycles. The standard InChI is InChI=1S/C12H17ClNO3P/c1-3-16-18(15,17-4-2)10-14-9-11-6-5-7-12(13)8-11/h5-9H,3-4,10H2,1-2H3. The zero-order valence-electron chi connectivity index (χ0n) is 10.5. The maximum Gasteiger partial charge on any atom is 0.351 e. The van der Waals surface area contributed by atoms with Crippen LogP contribution < -0.4 is 0 Å². The van der Waals surface area contributed by atoms with E-state index in [0.717, 1.165) is 5.56 Å². The Hall–Kier alpha value is -0.670. The second-order valence-electron chi connectivity index (χ2n) is 3.45. The van der Waals surface area contributed by atoms with Crippen LogP contribution in [-0.4, -0.2) is 25.7 Å². The topological polar surface area (TPSA) is 47.9 Å². The molecule has 0 heterocycles. The predicted octanol–water partition coefficient (Wildman–Crippen LogP) is 3.98. The summed E-state index contributed by atoms with van der Waals surface area (Å²) in [5.74, 6) is 0. The summed E-state index contributed by atoms with van der Waals surface area (Å²) < 4.78 is 22.3. The lowest BCUT2D eigenvalue weighted by Crippen LogP contribution is -1.99. The normalized spacial score (nSPS) is 12.2. The molecule has 6 heteroatoms. The minimum atomic E-state index is -3.10. The third-order valence-electron chi connectivity index (χ3n) is 2.00. The van der Waals surface area contributed by atoms with Crippen molar-refractivity contribution in [2.24, 2.45) is 4.99 Å². The molecule has 0 bridgehead atoms. The minimum Gasteiger partial charge on any atom is -0.308 e. The van der Waals surface area contributed by atoms with Gasteiger partial charge < -0.3 is 9.05 Å². The SMILES string of the molecule is CCOP(=O)(CN=Cc1cccc(Cl)c1)OCC. The van der Waals surface area contributed by atoms with Crippen LogP contribution in [0.2, 0.25) is 5.02 Å². The number of aliphatic imine (C=N–C) groups is 1. The molecule has 0 aliphatic rings. The summed E-state index contributed by atoms with van der Waals surface area (Å²) in [4.78, 5) is 4.10. The fraction of sp³-hybridized carbons (Fsp3) is 0.417. The Bertz CT molecular complexity index is 441. The predicted molar refractivity (Wildman–Crippen MR) is 74.8 cm³/mol. The van der Waals surface area contributed by atoms with Crippen LogP contribution >= 0.6 is 19.2 Å². The van der Waals surface area contributed by atoms with Gasteiger partial charge in [-0.3, -0.25) is 9.56 Å². The fourth-order valence-electron chi connectivity index (χ4n) is 1.35. The molecular formula is C12H17ClNO3P. The zero-order chi connectivity index (χ0) is 13.4. The van der Waals surface area contributed by atoms with E-state index in [1.54, 1.807) is 32.2 Å². The Morgan fingerprint density at radius 3 is 2.56 bits per heavy atom. The summed E-state index contributed by atoms with van der Waals surface area (Å²) in [6.07, 6.45) is 1.62. The molecule has 0 spiro atoms. The Labute approximate surface area is 113 Å². The van der Waals surface area contributed by atoms with E-state index in [1.165, 1.54) is 0 Å². The van der Waals surface area contributed by atoms with Crippen LogP contribution in [0.25, 0.3) is 0 Å². The van der Waals surface area contributed by atoms with Gasteiger partial charge in [0.1, 0.15) is 6.29 Å². The first-order valence-electron chi connectivity index (χ1n) is 5.73. The van der Waals surface area contributed by atoms with Crippen molar-refractivity contribution in [2.75, 3.05) is 19.5 Å². The van der Waals surface area contributed by atoms with Gasteiger partial charge in [-0.05, 0) is 31.5 Å². The third kappa shape index (κ3) is 5.32. The molecular weight excluding hydrogens is 273 g/mol. The monoisotopic (exact) mass is 289 g/mol. The van der Waals surface area contributed by atoms with Crippen LogP contribution in [0.5, 0.6) is 0 Å². The average molecular weight is 290 g/mol. The summed E-state index contributed by atoms with van der Waals surface area (Å²) in [7, 11) is -3.10. The van der Waals surface area contributed by atoms with E-state index >= 15 is 0 Å². The van der Waals surface area contributed by atoms with Crippen molar-refractivity contribution in [3.63, 3.8) is 0 Å². The average Bonchev–Trinajstić information content (AvgIpc) is 2.29. The molecule has 18 heavy (non-hydrogen) atoms. The van der Waals surface area contributed by atoms with E-state index in [4.69, 9.17) is 20.6 Å². The van der Waals surface area contributed by atoms with Gasteiger partial charge in [-0.2, -0.15) is 0 Å². The second-order valence-corrected chi connectivity index (χ2v) is 5.91. The number of rotatable bonds is 7. The zero-order valence-corrected chi connectivity index (χ0v) is 12.2. The van der Waals surface area contributed by atoms with Gasteiger partial charge in [-0.25, -0.2) is 0 Å². The van der Waals surface area contributed by atoms with Gasteiger partial charge in [0, 0.05) is 11.2 Å². The first kappa shape index (κ1) is 15.4. The fourth-order valence-corrected chi connectivity index (χ4v) is 2.85. The summed E-state index contributed by atoms with van der Waals surface area (Å²) in [6.45, 7) is 4.21. The lowest BCUT2D eigenvalue weighted by atomic mass is 10.2. The molecule has 0 fully saturated rings. The summed E-state index contributed by atoms with van der Waals surface area (Å²) in [6, 6.07) is 7.25. The maximum atomic E-state index is 12.1. The molecule has 0 aliphatic heterocycles. The summed E-state index contributed by atoms with van der Waals surface area (Å²) in [5.41, 5.74) is 0.849. The summed E-state index contributed by atoms with van der Waals surface area (Å²) in [5, 5.41) is 0.636. The Morgan fingerprint density at radius 1 is 1.33 bits per heavy atom. The van der Waals surface area contributed by atoms with Gasteiger partial charge in [-0.1, -0.05) is 23.7 Å². The Kier molecular flexibility index (Phi) is 6.58. The van der Waals surface area contributed by atoms with E-state index in [2.05, 4.69) is 4.99 Å². The van der Waals surface area contributed by atoms with E-state index in [-0.39, 0.29) is 6.29 Å². The van der Waals surface area contributed by atoms with E-state index in [9.17, 15) is 4.57 Å². The van der Waals surface area contributed by atoms with E-state index < -0.39 is 7.60 Å². The van der Waals surface area contributed by atoms with Crippen molar-refractivity contribution in [1.29, 1.82) is 0 Å². The highest BCUT2D eigenvalue weighted by Crippen LogP contribution is 2.47. The number of benzene rings is 1. The third-order valence-corrected chi connectivity index (χ3v) is 4.04. The maximum absolute atomic E-state index is 12.1. The molecule has 0 radical (unpaired) electrons. The van der Waals surface area contributed by atoms with Crippen molar-refractivity contribution in [3.8, 4) is 0 Å². The van der Waals surface area contributed by atoms with Crippen molar-refractivity contribution >= 4 is 25.4 Å². The molecule has 0 N–H and O–H groups in total. The quantitative estimate of drug-likeness (QED) is 0.563. The first-order valence-corrected chi connectivity index (χ1v) is 7.83. The number of nitrogens with zero attached hydrogens (tertiary/aromatic N) is 1. The van der Waals surface area contributed by atoms with Crippen LogP contribution in [0.15, 0.2) is 29.3 Å². The van der Waals surface area contributed by atoms with Crippen LogP contribution in [0.3, 0.4) is 0 Å². The summed E-state index contributed by atoms with van der Waals surface area (Å²) >= 11 is 5.85. The lowest BCUT2D eigenvalue weighted by molar-refractivity contribution is 0.221. The van der Waals surface area contributed by atoms with Gasteiger partial charge in [0.15, 0.2) is 0 Å². The van der Waals surface area contributed by atoms with E-state index in [1.807, 2.05) is 12.1 Å². The molecule has 4 nitrogen and oxygen atoms in total. The molecule has 100 valence electrons. The van der Waals surface area contributed by atoms with Gasteiger partial charge in [0.2, 0.25) is 0 Å². The number of hydrogen-bond donors (Lipinski definition) is 0. The van der Waals surface area contributed by atoms with Crippen LogP contribution in [-0.2, 0) is 13.6 Å². The van der Waals surface area contributed by atoms with Gasteiger partial charge in [0.05, 0.1) is 13.2 Å². The van der Waals surface area contributed by atoms with Crippen LogP contribution in [0, 0.1) is 0 Å². The molecule has 0 saturated heterocycles. The molecule has 0 aliphatic carbocycles. The number of hydrogen-bond acceptors (Lipinski definition) is 4. The molecule has 0 saturated carbocycles. The largest absolute Gasteiger partial charge is 0.351 e. The van der Waals surface area contributed by atoms with Crippen molar-refractivity contribution in [3.05, 3.63) is 34.9 Å². The smallest absolute Gasteiger partial charge is 0.308 e. The number of halogens is 1.